The molecule has 94 valence electrons. The molecule has 1 aromatic rings. The van der Waals surface area contributed by atoms with E-state index in [-0.39, 0.29) is 0 Å². The molecule has 5 heteroatoms. The minimum Gasteiger partial charge on any atom is -0.297 e. The van der Waals surface area contributed by atoms with Crippen molar-refractivity contribution in [2.75, 3.05) is 6.54 Å². The minimum absolute atomic E-state index is 0.446. The van der Waals surface area contributed by atoms with Gasteiger partial charge in [-0.2, -0.15) is 5.48 Å². The largest absolute Gasteiger partial charge is 0.297 e. The number of alkyl halides is 1. The van der Waals surface area contributed by atoms with E-state index in [4.69, 9.17) is 4.84 Å². The first-order chi connectivity index (χ1) is 8.25. The molecular weight excluding hydrogens is 442 g/mol. The van der Waals surface area contributed by atoms with Crippen molar-refractivity contribution in [2.45, 2.75) is 29.5 Å². The molecular formula is C12H16I2N2O. The van der Waals surface area contributed by atoms with Crippen LogP contribution in [0.25, 0.3) is 0 Å². The van der Waals surface area contributed by atoms with E-state index in [1.807, 2.05) is 18.2 Å². The van der Waals surface area contributed by atoms with Crippen molar-refractivity contribution >= 4 is 45.5 Å². The second-order valence-corrected chi connectivity index (χ2v) is 6.86. The molecule has 1 N–H and O–H groups in total. The average Bonchev–Trinajstić information content (AvgIpc) is 2.35. The van der Waals surface area contributed by atoms with Crippen LogP contribution < -0.4 is 5.48 Å². The normalized spacial score (nSPS) is 26.0. The summed E-state index contributed by atoms with van der Waals surface area (Å²) in [5.74, 6) is 0. The fourth-order valence-corrected chi connectivity index (χ4v) is 3.15. The topological polar surface area (TPSA) is 24.5 Å². The Morgan fingerprint density at radius 3 is 2.76 bits per heavy atom. The number of nitrogens with one attached hydrogen (secondary N) is 1. The van der Waals surface area contributed by atoms with Gasteiger partial charge in [0.25, 0.3) is 0 Å². The van der Waals surface area contributed by atoms with E-state index in [2.05, 4.69) is 66.2 Å². The summed E-state index contributed by atoms with van der Waals surface area (Å²) >= 11 is 4.88. The van der Waals surface area contributed by atoms with Gasteiger partial charge in [0.15, 0.2) is 0 Å². The molecule has 0 amide bonds. The van der Waals surface area contributed by atoms with E-state index in [1.54, 1.807) is 0 Å². The molecule has 1 aliphatic heterocycles. The van der Waals surface area contributed by atoms with E-state index in [1.165, 1.54) is 18.4 Å². The predicted octanol–water partition coefficient (Wildman–Crippen LogP) is 3.28. The van der Waals surface area contributed by atoms with Gasteiger partial charge in [-0.05, 0) is 18.4 Å². The van der Waals surface area contributed by atoms with Crippen LogP contribution in [0.1, 0.15) is 18.4 Å². The average molecular weight is 458 g/mol. The van der Waals surface area contributed by atoms with E-state index in [0.29, 0.717) is 16.7 Å². The molecule has 1 aromatic carbocycles. The third-order valence-corrected chi connectivity index (χ3v) is 6.21. The van der Waals surface area contributed by atoms with E-state index >= 15 is 0 Å². The summed E-state index contributed by atoms with van der Waals surface area (Å²) in [6.07, 6.45) is 2.40. The van der Waals surface area contributed by atoms with E-state index in [0.717, 1.165) is 6.54 Å². The third-order valence-electron chi connectivity index (χ3n) is 2.78. The van der Waals surface area contributed by atoms with Crippen molar-refractivity contribution in [3.05, 3.63) is 35.9 Å². The van der Waals surface area contributed by atoms with Crippen LogP contribution in [-0.2, 0) is 11.4 Å². The quantitative estimate of drug-likeness (QED) is 0.247. The predicted molar refractivity (Wildman–Crippen MR) is 85.9 cm³/mol. The second-order valence-electron chi connectivity index (χ2n) is 4.18. The van der Waals surface area contributed by atoms with Crippen LogP contribution in [0.5, 0.6) is 0 Å². The van der Waals surface area contributed by atoms with Gasteiger partial charge in [-0.3, -0.25) is 4.84 Å². The van der Waals surface area contributed by atoms with Crippen LogP contribution in [0.4, 0.5) is 0 Å². The summed E-state index contributed by atoms with van der Waals surface area (Å²) in [5.41, 5.74) is 4.37. The maximum absolute atomic E-state index is 5.56. The number of hydrogen-bond acceptors (Lipinski definition) is 3. The lowest BCUT2D eigenvalue weighted by molar-refractivity contribution is -0.00634. The SMILES string of the molecule is I[C@@H]1CCC(NOCc2ccccc2)CN1I. The van der Waals surface area contributed by atoms with E-state index in [9.17, 15) is 0 Å². The third kappa shape index (κ3) is 4.62. The standard InChI is InChI=1S/C12H16I2N2O/c13-12-7-6-11(8-16(12)14)15-17-9-10-4-2-1-3-5-10/h1-5,11-12,15H,6-9H2/t11?,12-/m0/s1. The van der Waals surface area contributed by atoms with Crippen molar-refractivity contribution in [1.82, 2.24) is 8.59 Å². The zero-order chi connectivity index (χ0) is 12.1. The van der Waals surface area contributed by atoms with Gasteiger partial charge >= 0.3 is 0 Å². The van der Waals surface area contributed by atoms with Crippen LogP contribution in [-0.4, -0.2) is 19.7 Å². The summed E-state index contributed by atoms with van der Waals surface area (Å²) in [7, 11) is 0. The molecule has 0 radical (unpaired) electrons. The lowest BCUT2D eigenvalue weighted by atomic mass is 10.1. The summed E-state index contributed by atoms with van der Waals surface area (Å²) in [5, 5.41) is 0. The van der Waals surface area contributed by atoms with Gasteiger partial charge in [-0.25, -0.2) is 3.11 Å². The maximum atomic E-state index is 5.56. The van der Waals surface area contributed by atoms with Gasteiger partial charge in [-0.15, -0.1) is 0 Å². The molecule has 1 saturated heterocycles. The van der Waals surface area contributed by atoms with Crippen LogP contribution >= 0.6 is 45.5 Å². The fourth-order valence-electron chi connectivity index (χ4n) is 1.81. The first-order valence-electron chi connectivity index (χ1n) is 5.73. The number of benzene rings is 1. The highest BCUT2D eigenvalue weighted by Crippen LogP contribution is 2.25. The van der Waals surface area contributed by atoms with Crippen molar-refractivity contribution in [2.24, 2.45) is 0 Å². The number of halogens is 2. The summed E-state index contributed by atoms with van der Waals surface area (Å²) in [6.45, 7) is 1.68. The number of nitrogens with zero attached hydrogens (tertiary/aromatic N) is 1. The summed E-state index contributed by atoms with van der Waals surface area (Å²) in [6, 6.07) is 10.7. The molecule has 1 unspecified atom stereocenters. The van der Waals surface area contributed by atoms with Crippen LogP contribution in [0.2, 0.25) is 0 Å². The molecule has 17 heavy (non-hydrogen) atoms. The molecule has 3 nitrogen and oxygen atoms in total. The lowest BCUT2D eigenvalue weighted by Crippen LogP contribution is -2.44. The van der Waals surface area contributed by atoms with Crippen molar-refractivity contribution < 1.29 is 4.84 Å². The number of piperidine rings is 1. The van der Waals surface area contributed by atoms with Gasteiger partial charge in [-0.1, -0.05) is 52.9 Å². The Balaban J connectivity index is 1.69. The van der Waals surface area contributed by atoms with Crippen molar-refractivity contribution in [1.29, 1.82) is 0 Å². The monoisotopic (exact) mass is 458 g/mol. The first-order valence-corrected chi connectivity index (χ1v) is 7.94. The smallest absolute Gasteiger partial charge is 0.0933 e. The molecule has 0 spiro atoms. The Morgan fingerprint density at radius 1 is 1.29 bits per heavy atom. The van der Waals surface area contributed by atoms with E-state index < -0.39 is 0 Å². The van der Waals surface area contributed by atoms with Crippen LogP contribution in [0, 0.1) is 0 Å². The Labute approximate surface area is 130 Å². The summed E-state index contributed by atoms with van der Waals surface area (Å²) in [4.78, 5) is 5.56. The highest BCUT2D eigenvalue weighted by atomic mass is 127. The number of hydroxylamine groups is 1. The maximum Gasteiger partial charge on any atom is 0.0933 e. The molecule has 2 atom stereocenters. The Hall–Kier alpha value is 0.560. The van der Waals surface area contributed by atoms with Crippen LogP contribution in [0.3, 0.4) is 0 Å². The van der Waals surface area contributed by atoms with Crippen LogP contribution in [0.15, 0.2) is 30.3 Å². The molecule has 1 aliphatic rings. The van der Waals surface area contributed by atoms with Gasteiger partial charge in [0, 0.05) is 35.5 Å². The Kier molecular flexibility index (Phi) is 5.94. The molecule has 1 heterocycles. The zero-order valence-corrected chi connectivity index (χ0v) is 13.8. The highest BCUT2D eigenvalue weighted by molar-refractivity contribution is 14.1. The van der Waals surface area contributed by atoms with Gasteiger partial charge in [0.05, 0.1) is 10.7 Å². The molecule has 1 fully saturated rings. The fraction of sp³-hybridized carbons (Fsp3) is 0.500. The summed E-state index contributed by atoms with van der Waals surface area (Å²) < 4.78 is 2.99. The second kappa shape index (κ2) is 7.22. The Morgan fingerprint density at radius 2 is 2.06 bits per heavy atom. The molecule has 0 saturated carbocycles. The Bertz CT molecular complexity index is 337. The molecule has 0 aromatic heterocycles. The lowest BCUT2D eigenvalue weighted by Gasteiger charge is -2.32. The van der Waals surface area contributed by atoms with Gasteiger partial charge in [0.2, 0.25) is 0 Å². The highest BCUT2D eigenvalue weighted by Gasteiger charge is 2.24. The first kappa shape index (κ1) is 14.0. The molecule has 2 rings (SSSR count). The van der Waals surface area contributed by atoms with Gasteiger partial charge in [0.1, 0.15) is 0 Å². The molecule has 0 bridgehead atoms. The molecule has 0 aliphatic carbocycles. The van der Waals surface area contributed by atoms with Crippen molar-refractivity contribution in [3.8, 4) is 0 Å². The zero-order valence-electron chi connectivity index (χ0n) is 9.48. The minimum atomic E-state index is 0.446. The van der Waals surface area contributed by atoms with Crippen molar-refractivity contribution in [3.63, 3.8) is 0 Å². The number of rotatable bonds is 4. The van der Waals surface area contributed by atoms with Gasteiger partial charge < -0.3 is 0 Å². The number of hydrogen-bond donors (Lipinski definition) is 1.